The van der Waals surface area contributed by atoms with Crippen molar-refractivity contribution in [3.8, 4) is 6.01 Å². The van der Waals surface area contributed by atoms with Crippen LogP contribution in [0.4, 0.5) is 11.9 Å². The van der Waals surface area contributed by atoms with Crippen molar-refractivity contribution in [1.29, 1.82) is 0 Å². The Morgan fingerprint density at radius 3 is 2.89 bits per heavy atom. The van der Waals surface area contributed by atoms with Gasteiger partial charge in [-0.3, -0.25) is 0 Å². The van der Waals surface area contributed by atoms with E-state index in [2.05, 4.69) is 36.2 Å². The number of ether oxygens (including phenoxy) is 1. The van der Waals surface area contributed by atoms with Crippen LogP contribution in [0.15, 0.2) is 28.7 Å². The first kappa shape index (κ1) is 13.5. The van der Waals surface area contributed by atoms with Gasteiger partial charge in [0.15, 0.2) is 0 Å². The third-order valence-electron chi connectivity index (χ3n) is 2.25. The van der Waals surface area contributed by atoms with Gasteiger partial charge in [0.25, 0.3) is 0 Å². The van der Waals surface area contributed by atoms with E-state index in [0.29, 0.717) is 19.1 Å². The molecule has 0 unspecified atom stereocenters. The number of anilines is 2. The van der Waals surface area contributed by atoms with Crippen molar-refractivity contribution in [3.63, 3.8) is 0 Å². The maximum Gasteiger partial charge on any atom is 0.323 e. The highest BCUT2D eigenvalue weighted by molar-refractivity contribution is 9.10. The van der Waals surface area contributed by atoms with Crippen molar-refractivity contribution in [2.75, 3.05) is 17.7 Å². The standard InChI is InChI=1S/C12H14BrN5O/c1-2-19-12-17-10(14)16-11(18-12)15-7-8-4-3-5-9(13)6-8/h3-6H,2,7H2,1H3,(H3,14,15,16,17,18). The van der Waals surface area contributed by atoms with Crippen LogP contribution in [0, 0.1) is 0 Å². The van der Waals surface area contributed by atoms with Gasteiger partial charge in [-0.1, -0.05) is 28.1 Å². The van der Waals surface area contributed by atoms with Crippen molar-refractivity contribution < 1.29 is 4.74 Å². The highest BCUT2D eigenvalue weighted by atomic mass is 79.9. The third-order valence-corrected chi connectivity index (χ3v) is 2.74. The van der Waals surface area contributed by atoms with Crippen LogP contribution in [-0.4, -0.2) is 21.6 Å². The summed E-state index contributed by atoms with van der Waals surface area (Å²) in [5, 5.41) is 3.08. The Hall–Kier alpha value is -1.89. The second-order valence-corrected chi connectivity index (χ2v) is 4.63. The summed E-state index contributed by atoms with van der Waals surface area (Å²) in [5.41, 5.74) is 6.70. The summed E-state index contributed by atoms with van der Waals surface area (Å²) < 4.78 is 6.23. The Labute approximate surface area is 119 Å². The van der Waals surface area contributed by atoms with Gasteiger partial charge in [-0.25, -0.2) is 0 Å². The molecule has 6 nitrogen and oxygen atoms in total. The second-order valence-electron chi connectivity index (χ2n) is 3.72. The van der Waals surface area contributed by atoms with Crippen LogP contribution in [0.3, 0.4) is 0 Å². The fourth-order valence-electron chi connectivity index (χ4n) is 1.47. The highest BCUT2D eigenvalue weighted by Gasteiger charge is 2.04. The Morgan fingerprint density at radius 1 is 1.32 bits per heavy atom. The predicted molar refractivity (Wildman–Crippen MR) is 76.9 cm³/mol. The fourth-order valence-corrected chi connectivity index (χ4v) is 1.92. The van der Waals surface area contributed by atoms with Crippen LogP contribution in [0.1, 0.15) is 12.5 Å². The lowest BCUT2D eigenvalue weighted by Crippen LogP contribution is -2.09. The van der Waals surface area contributed by atoms with Gasteiger partial charge in [-0.15, -0.1) is 0 Å². The fraction of sp³-hybridized carbons (Fsp3) is 0.250. The van der Waals surface area contributed by atoms with E-state index in [9.17, 15) is 0 Å². The first-order valence-corrected chi connectivity index (χ1v) is 6.59. The van der Waals surface area contributed by atoms with E-state index >= 15 is 0 Å². The minimum atomic E-state index is 0.134. The molecule has 0 saturated carbocycles. The second kappa shape index (κ2) is 6.33. The molecule has 1 heterocycles. The molecule has 100 valence electrons. The number of benzene rings is 1. The molecule has 0 aliphatic heterocycles. The average molecular weight is 324 g/mol. The number of halogens is 1. The molecule has 0 aliphatic rings. The van der Waals surface area contributed by atoms with E-state index in [4.69, 9.17) is 10.5 Å². The maximum atomic E-state index is 5.59. The van der Waals surface area contributed by atoms with Crippen LogP contribution in [0.5, 0.6) is 6.01 Å². The molecule has 7 heteroatoms. The van der Waals surface area contributed by atoms with Crippen LogP contribution in [0.25, 0.3) is 0 Å². The molecule has 0 atom stereocenters. The molecule has 0 radical (unpaired) electrons. The number of hydrogen-bond donors (Lipinski definition) is 2. The maximum absolute atomic E-state index is 5.59. The smallest absolute Gasteiger partial charge is 0.323 e. The first-order chi connectivity index (χ1) is 9.17. The normalized spacial score (nSPS) is 10.2. The Balaban J connectivity index is 2.06. The van der Waals surface area contributed by atoms with Gasteiger partial charge < -0.3 is 15.8 Å². The van der Waals surface area contributed by atoms with E-state index in [-0.39, 0.29) is 12.0 Å². The molecule has 0 spiro atoms. The van der Waals surface area contributed by atoms with Gasteiger partial charge in [0.05, 0.1) is 6.61 Å². The average Bonchev–Trinajstić information content (AvgIpc) is 2.36. The minimum Gasteiger partial charge on any atom is -0.464 e. The van der Waals surface area contributed by atoms with E-state index < -0.39 is 0 Å². The van der Waals surface area contributed by atoms with Gasteiger partial charge >= 0.3 is 6.01 Å². The zero-order valence-electron chi connectivity index (χ0n) is 10.4. The lowest BCUT2D eigenvalue weighted by atomic mass is 10.2. The molecule has 2 aromatic rings. The number of nitrogens with one attached hydrogen (secondary N) is 1. The lowest BCUT2D eigenvalue weighted by Gasteiger charge is -2.07. The predicted octanol–water partition coefficient (Wildman–Crippen LogP) is 2.23. The quantitative estimate of drug-likeness (QED) is 0.877. The third kappa shape index (κ3) is 4.06. The van der Waals surface area contributed by atoms with Crippen molar-refractivity contribution in [2.24, 2.45) is 0 Å². The van der Waals surface area contributed by atoms with Crippen LogP contribution in [-0.2, 0) is 6.54 Å². The molecular formula is C12H14BrN5O. The van der Waals surface area contributed by atoms with Gasteiger partial charge in [-0.2, -0.15) is 15.0 Å². The summed E-state index contributed by atoms with van der Waals surface area (Å²) in [6.45, 7) is 2.93. The first-order valence-electron chi connectivity index (χ1n) is 5.80. The topological polar surface area (TPSA) is 86.0 Å². The van der Waals surface area contributed by atoms with Crippen molar-refractivity contribution in [2.45, 2.75) is 13.5 Å². The van der Waals surface area contributed by atoms with Gasteiger partial charge in [0.1, 0.15) is 0 Å². The van der Waals surface area contributed by atoms with Crippen LogP contribution < -0.4 is 15.8 Å². The van der Waals surface area contributed by atoms with Crippen molar-refractivity contribution in [1.82, 2.24) is 15.0 Å². The number of aromatic nitrogens is 3. The van der Waals surface area contributed by atoms with Crippen LogP contribution >= 0.6 is 15.9 Å². The summed E-state index contributed by atoms with van der Waals surface area (Å²) in [4.78, 5) is 12.0. The number of nitrogens with two attached hydrogens (primary N) is 1. The minimum absolute atomic E-state index is 0.134. The Bertz CT molecular complexity index is 564. The number of rotatable bonds is 5. The van der Waals surface area contributed by atoms with E-state index in [0.717, 1.165) is 10.0 Å². The van der Waals surface area contributed by atoms with Gasteiger partial charge in [-0.05, 0) is 24.6 Å². The lowest BCUT2D eigenvalue weighted by molar-refractivity contribution is 0.312. The zero-order valence-corrected chi connectivity index (χ0v) is 12.0. The Morgan fingerprint density at radius 2 is 2.16 bits per heavy atom. The number of hydrogen-bond acceptors (Lipinski definition) is 6. The molecule has 0 aliphatic carbocycles. The monoisotopic (exact) mass is 323 g/mol. The van der Waals surface area contributed by atoms with E-state index in [1.165, 1.54) is 0 Å². The van der Waals surface area contributed by atoms with E-state index in [1.54, 1.807) is 0 Å². The summed E-state index contributed by atoms with van der Waals surface area (Å²) in [5.74, 6) is 0.533. The van der Waals surface area contributed by atoms with Crippen LogP contribution in [0.2, 0.25) is 0 Å². The molecule has 0 amide bonds. The van der Waals surface area contributed by atoms with Gasteiger partial charge in [0, 0.05) is 11.0 Å². The van der Waals surface area contributed by atoms with Gasteiger partial charge in [0.2, 0.25) is 11.9 Å². The molecule has 1 aromatic heterocycles. The molecule has 0 bridgehead atoms. The molecule has 2 rings (SSSR count). The summed E-state index contributed by atoms with van der Waals surface area (Å²) >= 11 is 3.42. The summed E-state index contributed by atoms with van der Waals surface area (Å²) in [6.07, 6.45) is 0. The summed E-state index contributed by atoms with van der Waals surface area (Å²) in [6, 6.07) is 8.19. The number of nitrogen functional groups attached to an aromatic ring is 1. The van der Waals surface area contributed by atoms with E-state index in [1.807, 2.05) is 31.2 Å². The Kier molecular flexibility index (Phi) is 4.51. The molecule has 19 heavy (non-hydrogen) atoms. The van der Waals surface area contributed by atoms with Crippen molar-refractivity contribution >= 4 is 27.8 Å². The molecule has 0 fully saturated rings. The highest BCUT2D eigenvalue weighted by Crippen LogP contribution is 2.14. The molecule has 1 aromatic carbocycles. The zero-order chi connectivity index (χ0) is 13.7. The molecule has 3 N–H and O–H groups in total. The van der Waals surface area contributed by atoms with Crippen molar-refractivity contribution in [3.05, 3.63) is 34.3 Å². The largest absolute Gasteiger partial charge is 0.464 e. The number of nitrogens with zero attached hydrogens (tertiary/aromatic N) is 3. The summed E-state index contributed by atoms with van der Waals surface area (Å²) in [7, 11) is 0. The SMILES string of the molecule is CCOc1nc(N)nc(NCc2cccc(Br)c2)n1. The molecule has 0 saturated heterocycles. The molecular weight excluding hydrogens is 310 g/mol.